The van der Waals surface area contributed by atoms with Crippen LogP contribution in [0.1, 0.15) is 5.69 Å². The summed E-state index contributed by atoms with van der Waals surface area (Å²) in [6.07, 6.45) is 1.49. The summed E-state index contributed by atoms with van der Waals surface area (Å²) in [5.41, 5.74) is 7.80. The lowest BCUT2D eigenvalue weighted by molar-refractivity contribution is 0.0334. The Labute approximate surface area is 99.0 Å². The van der Waals surface area contributed by atoms with E-state index in [1.54, 1.807) is 0 Å². The van der Waals surface area contributed by atoms with Crippen molar-refractivity contribution in [3.8, 4) is 0 Å². The number of morpholine rings is 1. The number of ether oxygens (including phenoxy) is 1. The lowest BCUT2D eigenvalue weighted by Gasteiger charge is -2.26. The van der Waals surface area contributed by atoms with Gasteiger partial charge in [-0.05, 0) is 12.1 Å². The largest absolute Gasteiger partial charge is 0.382 e. The first-order chi connectivity index (χ1) is 8.34. The molecule has 0 aliphatic carbocycles. The summed E-state index contributed by atoms with van der Waals surface area (Å²) in [6, 6.07) is 4.01. The molecule has 90 valence electrons. The fourth-order valence-corrected chi connectivity index (χ4v) is 2.12. The molecule has 17 heavy (non-hydrogen) atoms. The number of fused-ring (bicyclic) bond motifs is 1. The molecule has 1 aliphatic rings. The van der Waals surface area contributed by atoms with Crippen LogP contribution in [0.25, 0.3) is 5.52 Å². The number of hydrogen-bond donors (Lipinski definition) is 1. The Morgan fingerprint density at radius 2 is 2.12 bits per heavy atom. The van der Waals surface area contributed by atoms with Crippen LogP contribution >= 0.6 is 0 Å². The minimum Gasteiger partial charge on any atom is -0.382 e. The maximum absolute atomic E-state index is 5.80. The topological polar surface area (TPSA) is 68.7 Å². The van der Waals surface area contributed by atoms with Gasteiger partial charge in [0, 0.05) is 19.6 Å². The van der Waals surface area contributed by atoms with E-state index < -0.39 is 0 Å². The highest BCUT2D eigenvalue weighted by Crippen LogP contribution is 2.15. The molecule has 0 aromatic carbocycles. The first-order valence-electron chi connectivity index (χ1n) is 5.72. The van der Waals surface area contributed by atoms with Gasteiger partial charge in [0.2, 0.25) is 0 Å². The van der Waals surface area contributed by atoms with Gasteiger partial charge in [0.25, 0.3) is 0 Å². The van der Waals surface area contributed by atoms with E-state index in [9.17, 15) is 0 Å². The van der Waals surface area contributed by atoms with E-state index in [4.69, 9.17) is 10.5 Å². The van der Waals surface area contributed by atoms with Gasteiger partial charge in [-0.3, -0.25) is 4.90 Å². The fraction of sp³-hybridized carbons (Fsp3) is 0.455. The van der Waals surface area contributed by atoms with Crippen LogP contribution in [0, 0.1) is 0 Å². The zero-order valence-electron chi connectivity index (χ0n) is 9.54. The van der Waals surface area contributed by atoms with Crippen molar-refractivity contribution in [2.45, 2.75) is 6.54 Å². The third-order valence-electron chi connectivity index (χ3n) is 3.05. The number of nitrogen functional groups attached to an aromatic ring is 1. The third-order valence-corrected chi connectivity index (χ3v) is 3.05. The molecule has 0 saturated carbocycles. The highest BCUT2D eigenvalue weighted by Gasteiger charge is 2.13. The van der Waals surface area contributed by atoms with Gasteiger partial charge in [0.05, 0.1) is 18.9 Å². The first kappa shape index (κ1) is 10.5. The molecule has 1 aliphatic heterocycles. The molecule has 0 amide bonds. The molecule has 0 atom stereocenters. The molecule has 1 fully saturated rings. The van der Waals surface area contributed by atoms with Crippen LogP contribution in [0.3, 0.4) is 0 Å². The molecule has 0 radical (unpaired) electrons. The SMILES string of the molecule is Nc1ncnn2c(CN3CCOCC3)ccc12. The Morgan fingerprint density at radius 1 is 1.29 bits per heavy atom. The van der Waals surface area contributed by atoms with Gasteiger partial charge < -0.3 is 10.5 Å². The second kappa shape index (κ2) is 4.31. The minimum atomic E-state index is 0.522. The summed E-state index contributed by atoms with van der Waals surface area (Å²) in [5, 5.41) is 4.24. The van der Waals surface area contributed by atoms with Crippen molar-refractivity contribution < 1.29 is 4.74 Å². The second-order valence-electron chi connectivity index (χ2n) is 4.16. The molecule has 1 saturated heterocycles. The number of hydrogen-bond acceptors (Lipinski definition) is 5. The molecule has 6 heteroatoms. The zero-order chi connectivity index (χ0) is 11.7. The quantitative estimate of drug-likeness (QED) is 0.799. The monoisotopic (exact) mass is 233 g/mol. The first-order valence-corrected chi connectivity index (χ1v) is 5.72. The minimum absolute atomic E-state index is 0.522. The Hall–Kier alpha value is -1.66. The Morgan fingerprint density at radius 3 is 2.94 bits per heavy atom. The number of anilines is 1. The zero-order valence-corrected chi connectivity index (χ0v) is 9.54. The Bertz CT molecular complexity index is 518. The van der Waals surface area contributed by atoms with Crippen molar-refractivity contribution >= 4 is 11.3 Å². The molecule has 3 rings (SSSR count). The molecule has 2 N–H and O–H groups in total. The molecule has 2 aromatic rings. The van der Waals surface area contributed by atoms with Gasteiger partial charge >= 0.3 is 0 Å². The Balaban J connectivity index is 1.87. The predicted molar refractivity (Wildman–Crippen MR) is 63.5 cm³/mol. The molecular weight excluding hydrogens is 218 g/mol. The normalized spacial score (nSPS) is 17.6. The van der Waals surface area contributed by atoms with Crippen LogP contribution in [-0.2, 0) is 11.3 Å². The summed E-state index contributed by atoms with van der Waals surface area (Å²) in [4.78, 5) is 6.33. The van der Waals surface area contributed by atoms with Gasteiger partial charge in [-0.15, -0.1) is 0 Å². The van der Waals surface area contributed by atoms with E-state index >= 15 is 0 Å². The molecule has 0 unspecified atom stereocenters. The highest BCUT2D eigenvalue weighted by molar-refractivity contribution is 5.65. The summed E-state index contributed by atoms with van der Waals surface area (Å²) in [7, 11) is 0. The van der Waals surface area contributed by atoms with Crippen molar-refractivity contribution in [2.75, 3.05) is 32.0 Å². The van der Waals surface area contributed by atoms with Gasteiger partial charge in [0.15, 0.2) is 5.82 Å². The predicted octanol–water partition coefficient (Wildman–Crippen LogP) is 0.144. The van der Waals surface area contributed by atoms with Gasteiger partial charge in [-0.1, -0.05) is 0 Å². The smallest absolute Gasteiger partial charge is 0.151 e. The van der Waals surface area contributed by atoms with Crippen molar-refractivity contribution in [2.24, 2.45) is 0 Å². The lowest BCUT2D eigenvalue weighted by atomic mass is 10.3. The van der Waals surface area contributed by atoms with Crippen LogP contribution in [0.2, 0.25) is 0 Å². The second-order valence-corrected chi connectivity index (χ2v) is 4.16. The molecule has 0 bridgehead atoms. The van der Waals surface area contributed by atoms with Gasteiger partial charge in [-0.25, -0.2) is 9.50 Å². The standard InChI is InChI=1S/C11H15N5O/c12-11-10-2-1-9(16(10)14-8-13-11)7-15-3-5-17-6-4-15/h1-2,8H,3-7H2,(H2,12,13,14). The summed E-state index contributed by atoms with van der Waals surface area (Å²) >= 11 is 0. The van der Waals surface area contributed by atoms with Crippen molar-refractivity contribution in [1.82, 2.24) is 19.5 Å². The molecule has 6 nitrogen and oxygen atoms in total. The van der Waals surface area contributed by atoms with Gasteiger partial charge in [0.1, 0.15) is 11.8 Å². The van der Waals surface area contributed by atoms with Crippen molar-refractivity contribution in [1.29, 1.82) is 0 Å². The fourth-order valence-electron chi connectivity index (χ4n) is 2.12. The van der Waals surface area contributed by atoms with Crippen LogP contribution in [-0.4, -0.2) is 45.8 Å². The summed E-state index contributed by atoms with van der Waals surface area (Å²) < 4.78 is 7.19. The van der Waals surface area contributed by atoms with Crippen LogP contribution in [0.15, 0.2) is 18.5 Å². The maximum atomic E-state index is 5.80. The third kappa shape index (κ3) is 1.96. The molecular formula is C11H15N5O. The van der Waals surface area contributed by atoms with E-state index in [2.05, 4.69) is 21.0 Å². The van der Waals surface area contributed by atoms with E-state index in [1.807, 2.05) is 10.6 Å². The average molecular weight is 233 g/mol. The van der Waals surface area contributed by atoms with Crippen molar-refractivity contribution in [3.05, 3.63) is 24.2 Å². The number of aromatic nitrogens is 3. The van der Waals surface area contributed by atoms with Crippen molar-refractivity contribution in [3.63, 3.8) is 0 Å². The number of rotatable bonds is 2. The average Bonchev–Trinajstić information content (AvgIpc) is 2.76. The molecule has 2 aromatic heterocycles. The maximum Gasteiger partial charge on any atom is 0.151 e. The van der Waals surface area contributed by atoms with E-state index in [0.29, 0.717) is 5.82 Å². The number of nitrogens with two attached hydrogens (primary N) is 1. The summed E-state index contributed by atoms with van der Waals surface area (Å²) in [5.74, 6) is 0.522. The highest BCUT2D eigenvalue weighted by atomic mass is 16.5. The van der Waals surface area contributed by atoms with Crippen LogP contribution < -0.4 is 5.73 Å². The number of nitrogens with zero attached hydrogens (tertiary/aromatic N) is 4. The van der Waals surface area contributed by atoms with Crippen LogP contribution in [0.4, 0.5) is 5.82 Å². The Kier molecular flexibility index (Phi) is 2.66. The van der Waals surface area contributed by atoms with E-state index in [-0.39, 0.29) is 0 Å². The van der Waals surface area contributed by atoms with E-state index in [1.165, 1.54) is 6.33 Å². The summed E-state index contributed by atoms with van der Waals surface area (Å²) in [6.45, 7) is 4.41. The van der Waals surface area contributed by atoms with E-state index in [0.717, 1.165) is 44.1 Å². The van der Waals surface area contributed by atoms with Crippen LogP contribution in [0.5, 0.6) is 0 Å². The molecule has 0 spiro atoms. The molecule has 3 heterocycles. The lowest BCUT2D eigenvalue weighted by Crippen LogP contribution is -2.36. The van der Waals surface area contributed by atoms with Gasteiger partial charge in [-0.2, -0.15) is 5.10 Å².